The molecule has 1 unspecified atom stereocenters. The van der Waals surface area contributed by atoms with E-state index in [0.717, 1.165) is 0 Å². The van der Waals surface area contributed by atoms with Crippen LogP contribution in [0.4, 0.5) is 5.95 Å². The molecule has 1 aliphatic rings. The van der Waals surface area contributed by atoms with Crippen LogP contribution in [-0.4, -0.2) is 40.3 Å². The molecule has 1 atom stereocenters. The van der Waals surface area contributed by atoms with Gasteiger partial charge >= 0.3 is 0 Å². The molecule has 104 valence electrons. The zero-order valence-electron chi connectivity index (χ0n) is 10.5. The summed E-state index contributed by atoms with van der Waals surface area (Å²) in [6, 6.07) is 7.39. The molecule has 1 aromatic carbocycles. The van der Waals surface area contributed by atoms with Crippen LogP contribution in [0.1, 0.15) is 10.6 Å². The standard InChI is InChI=1S/C12H13N5O3/c13-12-15-10(16-17-12)11(18)14-5-7-6-19-8-3-1-2-4-9(8)20-7/h1-4,7H,5-6H2,(H,14,18)(H3,13,15,16,17). The number of carbonyl (C=O) groups excluding carboxylic acids is 1. The van der Waals surface area contributed by atoms with E-state index in [-0.39, 0.29) is 17.9 Å². The maximum Gasteiger partial charge on any atom is 0.288 e. The fraction of sp³-hybridized carbons (Fsp3) is 0.250. The Bertz CT molecular complexity index is 627. The van der Waals surface area contributed by atoms with Crippen LogP contribution in [0, 0.1) is 0 Å². The van der Waals surface area contributed by atoms with E-state index >= 15 is 0 Å². The number of hydrogen-bond acceptors (Lipinski definition) is 6. The van der Waals surface area contributed by atoms with Crippen molar-refractivity contribution >= 4 is 11.9 Å². The smallest absolute Gasteiger partial charge is 0.288 e. The van der Waals surface area contributed by atoms with Crippen LogP contribution in [-0.2, 0) is 0 Å². The number of fused-ring (bicyclic) bond motifs is 1. The lowest BCUT2D eigenvalue weighted by atomic mass is 10.2. The fourth-order valence-corrected chi connectivity index (χ4v) is 1.83. The number of nitrogens with one attached hydrogen (secondary N) is 2. The van der Waals surface area contributed by atoms with Gasteiger partial charge < -0.3 is 20.5 Å². The molecule has 2 heterocycles. The van der Waals surface area contributed by atoms with Crippen molar-refractivity contribution in [2.24, 2.45) is 0 Å². The molecule has 8 nitrogen and oxygen atoms in total. The molecule has 1 amide bonds. The van der Waals surface area contributed by atoms with Crippen molar-refractivity contribution in [1.29, 1.82) is 0 Å². The summed E-state index contributed by atoms with van der Waals surface area (Å²) in [7, 11) is 0. The van der Waals surface area contributed by atoms with E-state index in [1.165, 1.54) is 0 Å². The number of amides is 1. The first kappa shape index (κ1) is 12.3. The van der Waals surface area contributed by atoms with Gasteiger partial charge in [0.05, 0.1) is 6.54 Å². The number of para-hydroxylation sites is 2. The second-order valence-electron chi connectivity index (χ2n) is 4.25. The Morgan fingerprint density at radius 2 is 2.25 bits per heavy atom. The van der Waals surface area contributed by atoms with Gasteiger partial charge in [-0.3, -0.25) is 9.89 Å². The van der Waals surface area contributed by atoms with Crippen molar-refractivity contribution in [1.82, 2.24) is 20.5 Å². The van der Waals surface area contributed by atoms with Gasteiger partial charge in [0.25, 0.3) is 5.91 Å². The number of nitrogens with two attached hydrogens (primary N) is 1. The monoisotopic (exact) mass is 275 g/mol. The molecule has 0 saturated heterocycles. The minimum absolute atomic E-state index is 0.0290. The number of H-pyrrole nitrogens is 1. The van der Waals surface area contributed by atoms with Crippen LogP contribution in [0.15, 0.2) is 24.3 Å². The topological polar surface area (TPSA) is 115 Å². The highest BCUT2D eigenvalue weighted by atomic mass is 16.6. The minimum atomic E-state index is -0.392. The van der Waals surface area contributed by atoms with Gasteiger partial charge in [-0.15, -0.1) is 5.10 Å². The van der Waals surface area contributed by atoms with Gasteiger partial charge in [-0.05, 0) is 12.1 Å². The third-order valence-electron chi connectivity index (χ3n) is 2.78. The first-order valence-corrected chi connectivity index (χ1v) is 6.07. The zero-order chi connectivity index (χ0) is 13.9. The Morgan fingerprint density at radius 3 is 3.00 bits per heavy atom. The van der Waals surface area contributed by atoms with E-state index in [1.54, 1.807) is 0 Å². The van der Waals surface area contributed by atoms with Gasteiger partial charge in [-0.2, -0.15) is 4.98 Å². The lowest BCUT2D eigenvalue weighted by Gasteiger charge is -2.26. The number of aromatic amines is 1. The Hall–Kier alpha value is -2.77. The SMILES string of the molecule is Nc1n[nH]c(C(=O)NCC2COc3ccccc3O2)n1. The number of anilines is 1. The Kier molecular flexibility index (Phi) is 3.12. The molecule has 3 rings (SSSR count). The van der Waals surface area contributed by atoms with E-state index in [0.29, 0.717) is 24.7 Å². The van der Waals surface area contributed by atoms with Crippen molar-refractivity contribution in [3.8, 4) is 11.5 Å². The van der Waals surface area contributed by atoms with Gasteiger partial charge in [0.1, 0.15) is 12.7 Å². The van der Waals surface area contributed by atoms with Crippen molar-refractivity contribution in [3.05, 3.63) is 30.1 Å². The molecular weight excluding hydrogens is 262 g/mol. The van der Waals surface area contributed by atoms with Gasteiger partial charge in [-0.1, -0.05) is 12.1 Å². The van der Waals surface area contributed by atoms with E-state index in [2.05, 4.69) is 20.5 Å². The molecule has 0 spiro atoms. The molecule has 0 aliphatic carbocycles. The third-order valence-corrected chi connectivity index (χ3v) is 2.78. The summed E-state index contributed by atoms with van der Waals surface area (Å²) in [5, 5.41) is 8.71. The van der Waals surface area contributed by atoms with E-state index in [9.17, 15) is 4.79 Å². The van der Waals surface area contributed by atoms with Crippen molar-refractivity contribution in [3.63, 3.8) is 0 Å². The van der Waals surface area contributed by atoms with Crippen LogP contribution in [0.3, 0.4) is 0 Å². The fourth-order valence-electron chi connectivity index (χ4n) is 1.83. The summed E-state index contributed by atoms with van der Waals surface area (Å²) in [5.41, 5.74) is 5.33. The molecule has 20 heavy (non-hydrogen) atoms. The number of benzene rings is 1. The third kappa shape index (κ3) is 2.48. The normalized spacial score (nSPS) is 16.7. The summed E-state index contributed by atoms with van der Waals surface area (Å²) in [5.74, 6) is 1.08. The molecule has 0 bridgehead atoms. The minimum Gasteiger partial charge on any atom is -0.486 e. The predicted octanol–water partition coefficient (Wildman–Crippen LogP) is -0.0433. The van der Waals surface area contributed by atoms with Crippen molar-refractivity contribution in [2.45, 2.75) is 6.10 Å². The van der Waals surface area contributed by atoms with Crippen LogP contribution >= 0.6 is 0 Å². The molecule has 1 aromatic heterocycles. The molecular formula is C12H13N5O3. The first-order valence-electron chi connectivity index (χ1n) is 6.07. The number of nitrogens with zero attached hydrogens (tertiary/aromatic N) is 2. The zero-order valence-corrected chi connectivity index (χ0v) is 10.5. The summed E-state index contributed by atoms with van der Waals surface area (Å²) in [6.45, 7) is 0.670. The second-order valence-corrected chi connectivity index (χ2v) is 4.25. The van der Waals surface area contributed by atoms with Crippen LogP contribution in [0.5, 0.6) is 11.5 Å². The summed E-state index contributed by atoms with van der Waals surface area (Å²) in [6.07, 6.45) is -0.255. The van der Waals surface area contributed by atoms with Crippen LogP contribution in [0.2, 0.25) is 0 Å². The molecule has 4 N–H and O–H groups in total. The highest BCUT2D eigenvalue weighted by Crippen LogP contribution is 2.30. The van der Waals surface area contributed by atoms with E-state index in [4.69, 9.17) is 15.2 Å². The molecule has 0 saturated carbocycles. The van der Waals surface area contributed by atoms with Gasteiger partial charge in [0.2, 0.25) is 11.8 Å². The Balaban J connectivity index is 1.56. The number of nitrogen functional groups attached to an aromatic ring is 1. The maximum atomic E-state index is 11.7. The lowest BCUT2D eigenvalue weighted by molar-refractivity contribution is 0.0783. The largest absolute Gasteiger partial charge is 0.486 e. The average Bonchev–Trinajstić information content (AvgIpc) is 2.91. The first-order chi connectivity index (χ1) is 9.72. The molecule has 8 heteroatoms. The number of rotatable bonds is 3. The van der Waals surface area contributed by atoms with Crippen molar-refractivity contribution < 1.29 is 14.3 Å². The molecule has 0 fully saturated rings. The molecule has 2 aromatic rings. The molecule has 0 radical (unpaired) electrons. The summed E-state index contributed by atoms with van der Waals surface area (Å²) < 4.78 is 11.3. The Labute approximate surface area is 114 Å². The van der Waals surface area contributed by atoms with Gasteiger partial charge in [0.15, 0.2) is 11.5 Å². The quantitative estimate of drug-likeness (QED) is 0.723. The number of carbonyl (C=O) groups is 1. The Morgan fingerprint density at radius 1 is 1.45 bits per heavy atom. The molecule has 1 aliphatic heterocycles. The number of aromatic nitrogens is 3. The highest BCUT2D eigenvalue weighted by molar-refractivity contribution is 5.90. The van der Waals surface area contributed by atoms with Crippen LogP contribution in [0.25, 0.3) is 0 Å². The van der Waals surface area contributed by atoms with Crippen molar-refractivity contribution in [2.75, 3.05) is 18.9 Å². The van der Waals surface area contributed by atoms with E-state index < -0.39 is 5.91 Å². The predicted molar refractivity (Wildman–Crippen MR) is 69.5 cm³/mol. The lowest BCUT2D eigenvalue weighted by Crippen LogP contribution is -2.41. The van der Waals surface area contributed by atoms with Gasteiger partial charge in [0, 0.05) is 0 Å². The average molecular weight is 275 g/mol. The van der Waals surface area contributed by atoms with E-state index in [1.807, 2.05) is 24.3 Å². The second kappa shape index (κ2) is 5.08. The van der Waals surface area contributed by atoms with Gasteiger partial charge in [-0.25, -0.2) is 0 Å². The number of ether oxygens (including phenoxy) is 2. The summed E-state index contributed by atoms with van der Waals surface area (Å²) >= 11 is 0. The van der Waals surface area contributed by atoms with Crippen LogP contribution < -0.4 is 20.5 Å². The maximum absolute atomic E-state index is 11.7. The summed E-state index contributed by atoms with van der Waals surface area (Å²) in [4.78, 5) is 15.5. The number of hydrogen-bond donors (Lipinski definition) is 3. The highest BCUT2D eigenvalue weighted by Gasteiger charge is 2.21.